The molecular weight excluding hydrogens is 244 g/mol. The van der Waals surface area contributed by atoms with Crippen LogP contribution in [0.2, 0.25) is 0 Å². The van der Waals surface area contributed by atoms with E-state index < -0.39 is 18.0 Å². The number of fused-ring (bicyclic) bond motifs is 1. The first-order valence-corrected chi connectivity index (χ1v) is 6.57. The van der Waals surface area contributed by atoms with Gasteiger partial charge in [-0.15, -0.1) is 0 Å². The summed E-state index contributed by atoms with van der Waals surface area (Å²) in [6.07, 6.45) is 4.68. The van der Waals surface area contributed by atoms with E-state index >= 15 is 0 Å². The van der Waals surface area contributed by atoms with E-state index in [-0.39, 0.29) is 12.7 Å². The molecule has 0 aromatic rings. The Labute approximate surface area is 113 Å². The lowest BCUT2D eigenvalue weighted by atomic mass is 9.86. The van der Waals surface area contributed by atoms with Crippen LogP contribution in [-0.4, -0.2) is 35.0 Å². The standard InChI is InChI=1S/C15H20O4/c1-9-4-3-5-11(8-16)7-12(17)14-10(2)15(18)19-13(14)6-9/h4,7,12-14,16-17H,2-3,5-6,8H2,1H3/b9-4-,11-7+/t12-,13+,14+/m1/s1. The molecule has 1 heterocycles. The number of rotatable bonds is 1. The van der Waals surface area contributed by atoms with Crippen LogP contribution in [0.5, 0.6) is 0 Å². The van der Waals surface area contributed by atoms with Gasteiger partial charge < -0.3 is 14.9 Å². The summed E-state index contributed by atoms with van der Waals surface area (Å²) >= 11 is 0. The maximum atomic E-state index is 11.6. The van der Waals surface area contributed by atoms with Crippen LogP contribution in [0.1, 0.15) is 26.2 Å². The van der Waals surface area contributed by atoms with Gasteiger partial charge >= 0.3 is 5.97 Å². The topological polar surface area (TPSA) is 66.8 Å². The molecule has 19 heavy (non-hydrogen) atoms. The largest absolute Gasteiger partial charge is 0.458 e. The first-order chi connectivity index (χ1) is 9.02. The molecule has 104 valence electrons. The van der Waals surface area contributed by atoms with Gasteiger partial charge in [0.15, 0.2) is 0 Å². The second-order valence-corrected chi connectivity index (χ2v) is 5.26. The Balaban J connectivity index is 2.33. The Morgan fingerprint density at radius 1 is 1.53 bits per heavy atom. The van der Waals surface area contributed by atoms with Gasteiger partial charge in [-0.2, -0.15) is 0 Å². The Morgan fingerprint density at radius 3 is 2.95 bits per heavy atom. The third-order valence-electron chi connectivity index (χ3n) is 3.78. The number of carbonyl (C=O) groups excluding carboxylic acids is 1. The molecule has 1 saturated heterocycles. The summed E-state index contributed by atoms with van der Waals surface area (Å²) in [5.74, 6) is -0.851. The van der Waals surface area contributed by atoms with Gasteiger partial charge in [-0.25, -0.2) is 4.79 Å². The molecule has 0 radical (unpaired) electrons. The minimum atomic E-state index is -0.836. The fourth-order valence-corrected chi connectivity index (χ4v) is 2.71. The summed E-state index contributed by atoms with van der Waals surface area (Å²) in [5.41, 5.74) is 2.23. The molecule has 1 aliphatic heterocycles. The number of carbonyl (C=O) groups is 1. The number of esters is 1. The zero-order valence-corrected chi connectivity index (χ0v) is 11.1. The van der Waals surface area contributed by atoms with Crippen molar-refractivity contribution in [1.82, 2.24) is 0 Å². The van der Waals surface area contributed by atoms with E-state index in [2.05, 4.69) is 12.7 Å². The van der Waals surface area contributed by atoms with Crippen LogP contribution in [0.25, 0.3) is 0 Å². The monoisotopic (exact) mass is 264 g/mol. The molecule has 0 unspecified atom stereocenters. The minimum Gasteiger partial charge on any atom is -0.458 e. The third kappa shape index (κ3) is 2.96. The fraction of sp³-hybridized carbons (Fsp3) is 0.533. The highest BCUT2D eigenvalue weighted by Crippen LogP contribution is 2.34. The summed E-state index contributed by atoms with van der Waals surface area (Å²) in [5, 5.41) is 19.6. The molecule has 2 rings (SSSR count). The predicted octanol–water partition coefficient (Wildman–Crippen LogP) is 1.49. The van der Waals surface area contributed by atoms with Gasteiger partial charge in [0.25, 0.3) is 0 Å². The van der Waals surface area contributed by atoms with Crippen molar-refractivity contribution in [2.75, 3.05) is 6.61 Å². The van der Waals surface area contributed by atoms with Crippen LogP contribution in [0.4, 0.5) is 0 Å². The lowest BCUT2D eigenvalue weighted by Gasteiger charge is -2.23. The quantitative estimate of drug-likeness (QED) is 0.428. The normalized spacial score (nSPS) is 37.7. The number of allylic oxidation sites excluding steroid dienone is 1. The number of hydrogen-bond acceptors (Lipinski definition) is 4. The number of ether oxygens (including phenoxy) is 1. The zero-order chi connectivity index (χ0) is 14.0. The molecule has 0 saturated carbocycles. The van der Waals surface area contributed by atoms with Crippen LogP contribution >= 0.6 is 0 Å². The molecule has 4 heteroatoms. The molecule has 2 N–H and O–H groups in total. The molecule has 4 nitrogen and oxygen atoms in total. The van der Waals surface area contributed by atoms with Crippen molar-refractivity contribution < 1.29 is 19.7 Å². The molecule has 0 amide bonds. The Hall–Kier alpha value is -1.39. The van der Waals surface area contributed by atoms with E-state index in [1.54, 1.807) is 6.08 Å². The second kappa shape index (κ2) is 5.72. The molecule has 0 aromatic heterocycles. The fourth-order valence-electron chi connectivity index (χ4n) is 2.71. The van der Waals surface area contributed by atoms with E-state index in [1.165, 1.54) is 0 Å². The predicted molar refractivity (Wildman–Crippen MR) is 71.3 cm³/mol. The van der Waals surface area contributed by atoms with Gasteiger partial charge in [-0.3, -0.25) is 0 Å². The summed E-state index contributed by atoms with van der Waals surface area (Å²) in [7, 11) is 0. The highest BCUT2D eigenvalue weighted by atomic mass is 16.6. The SMILES string of the molecule is C=C1C(=O)O[C@H]2C/C(C)=C\CC/C(CO)=C\[C@@H](O)[C@H]12. The summed E-state index contributed by atoms with van der Waals surface area (Å²) < 4.78 is 5.29. The molecule has 3 atom stereocenters. The molecule has 0 bridgehead atoms. The van der Waals surface area contributed by atoms with Crippen molar-refractivity contribution >= 4 is 5.97 Å². The van der Waals surface area contributed by atoms with Crippen LogP contribution in [0, 0.1) is 5.92 Å². The number of aliphatic hydroxyl groups is 2. The first kappa shape index (κ1) is 14.0. The highest BCUT2D eigenvalue weighted by Gasteiger charge is 2.42. The smallest absolute Gasteiger partial charge is 0.334 e. The molecule has 0 aromatic carbocycles. The molecule has 1 aliphatic carbocycles. The Kier molecular flexibility index (Phi) is 4.22. The number of aliphatic hydroxyl groups excluding tert-OH is 2. The molecule has 2 aliphatic rings. The van der Waals surface area contributed by atoms with Gasteiger partial charge in [-0.05, 0) is 25.3 Å². The second-order valence-electron chi connectivity index (χ2n) is 5.26. The molecule has 0 spiro atoms. The van der Waals surface area contributed by atoms with Crippen LogP contribution < -0.4 is 0 Å². The van der Waals surface area contributed by atoms with Crippen molar-refractivity contribution in [2.24, 2.45) is 5.92 Å². The van der Waals surface area contributed by atoms with Crippen molar-refractivity contribution in [3.05, 3.63) is 35.5 Å². The maximum Gasteiger partial charge on any atom is 0.334 e. The van der Waals surface area contributed by atoms with E-state index in [9.17, 15) is 15.0 Å². The lowest BCUT2D eigenvalue weighted by molar-refractivity contribution is -0.139. The average Bonchev–Trinajstić information content (AvgIpc) is 2.63. The van der Waals surface area contributed by atoms with Crippen molar-refractivity contribution in [2.45, 2.75) is 38.4 Å². The average molecular weight is 264 g/mol. The third-order valence-corrected chi connectivity index (χ3v) is 3.78. The van der Waals surface area contributed by atoms with Gasteiger partial charge in [0.05, 0.1) is 18.6 Å². The zero-order valence-electron chi connectivity index (χ0n) is 11.1. The molecule has 1 fully saturated rings. The van der Waals surface area contributed by atoms with E-state index in [1.807, 2.05) is 6.92 Å². The minimum absolute atomic E-state index is 0.0807. The van der Waals surface area contributed by atoms with E-state index in [0.717, 1.165) is 17.6 Å². The van der Waals surface area contributed by atoms with Gasteiger partial charge in [0.2, 0.25) is 0 Å². The van der Waals surface area contributed by atoms with Crippen LogP contribution in [0.3, 0.4) is 0 Å². The summed E-state index contributed by atoms with van der Waals surface area (Å²) in [4.78, 5) is 11.6. The van der Waals surface area contributed by atoms with Gasteiger partial charge in [0, 0.05) is 12.0 Å². The summed E-state index contributed by atoms with van der Waals surface area (Å²) in [6, 6.07) is 0. The van der Waals surface area contributed by atoms with Crippen LogP contribution in [0.15, 0.2) is 35.5 Å². The maximum absolute atomic E-state index is 11.6. The van der Waals surface area contributed by atoms with Crippen molar-refractivity contribution in [1.29, 1.82) is 0 Å². The van der Waals surface area contributed by atoms with Gasteiger partial charge in [0.1, 0.15) is 6.10 Å². The Bertz CT molecular complexity index is 447. The molecular formula is C15H20O4. The van der Waals surface area contributed by atoms with Crippen molar-refractivity contribution in [3.8, 4) is 0 Å². The van der Waals surface area contributed by atoms with Crippen molar-refractivity contribution in [3.63, 3.8) is 0 Å². The lowest BCUT2D eigenvalue weighted by Crippen LogP contribution is -2.29. The summed E-state index contributed by atoms with van der Waals surface area (Å²) in [6.45, 7) is 5.63. The van der Waals surface area contributed by atoms with E-state index in [4.69, 9.17) is 4.74 Å². The highest BCUT2D eigenvalue weighted by molar-refractivity contribution is 5.91. The van der Waals surface area contributed by atoms with Gasteiger partial charge in [-0.1, -0.05) is 24.3 Å². The first-order valence-electron chi connectivity index (χ1n) is 6.57. The van der Waals surface area contributed by atoms with E-state index in [0.29, 0.717) is 18.4 Å². The Morgan fingerprint density at radius 2 is 2.26 bits per heavy atom. The van der Waals surface area contributed by atoms with Crippen LogP contribution in [-0.2, 0) is 9.53 Å². The number of hydrogen-bond donors (Lipinski definition) is 2.